The van der Waals surface area contributed by atoms with Gasteiger partial charge >= 0.3 is 0 Å². The minimum atomic E-state index is 0.642. The summed E-state index contributed by atoms with van der Waals surface area (Å²) in [6.07, 6.45) is 0. The van der Waals surface area contributed by atoms with Crippen molar-refractivity contribution in [2.24, 2.45) is 0 Å². The van der Waals surface area contributed by atoms with Crippen molar-refractivity contribution < 1.29 is 0 Å². The quantitative estimate of drug-likeness (QED) is 0.170. The molecule has 0 amide bonds. The van der Waals surface area contributed by atoms with Gasteiger partial charge in [-0.1, -0.05) is 164 Å². The Bertz CT molecular complexity index is 3150. The lowest BCUT2D eigenvalue weighted by Gasteiger charge is -2.13. The van der Waals surface area contributed by atoms with Gasteiger partial charge in [0, 0.05) is 42.1 Å². The largest absolute Gasteiger partial charge is 0.278 e. The van der Waals surface area contributed by atoms with Crippen LogP contribution in [0, 0.1) is 0 Å². The van der Waals surface area contributed by atoms with E-state index < -0.39 is 0 Å². The van der Waals surface area contributed by atoms with E-state index in [9.17, 15) is 0 Å². The summed E-state index contributed by atoms with van der Waals surface area (Å²) in [5.41, 5.74) is 13.2. The second kappa shape index (κ2) is 13.3. The minimum absolute atomic E-state index is 0.642. The Morgan fingerprint density at radius 2 is 0.839 bits per heavy atom. The molecule has 0 radical (unpaired) electrons. The highest BCUT2D eigenvalue weighted by Crippen LogP contribution is 2.49. The van der Waals surface area contributed by atoms with Gasteiger partial charge in [0.25, 0.3) is 0 Å². The molecule has 0 atom stereocenters. The van der Waals surface area contributed by atoms with E-state index in [0.29, 0.717) is 5.95 Å². The average Bonchev–Trinajstić information content (AvgIpc) is 3.83. The molecule has 11 aromatic rings. The molecular weight excluding hydrogens is 699 g/mol. The van der Waals surface area contributed by atoms with E-state index >= 15 is 0 Å². The Hall–Kier alpha value is -7.14. The van der Waals surface area contributed by atoms with Crippen molar-refractivity contribution in [3.8, 4) is 61.8 Å². The zero-order chi connectivity index (χ0) is 37.0. The number of nitrogens with zero attached hydrogens (tertiary/aromatic N) is 3. The summed E-state index contributed by atoms with van der Waals surface area (Å²) in [5, 5.41) is 4.93. The third-order valence-corrected chi connectivity index (χ3v) is 12.0. The van der Waals surface area contributed by atoms with Crippen LogP contribution in [0.5, 0.6) is 0 Å². The maximum absolute atomic E-state index is 5.38. The number of hydrogen-bond donors (Lipinski definition) is 0. The highest BCUT2D eigenvalue weighted by Gasteiger charge is 2.24. The van der Waals surface area contributed by atoms with Crippen molar-refractivity contribution in [2.75, 3.05) is 0 Å². The van der Waals surface area contributed by atoms with Gasteiger partial charge in [-0.15, -0.1) is 11.3 Å². The summed E-state index contributed by atoms with van der Waals surface area (Å²) >= 11 is 1.87. The zero-order valence-electron chi connectivity index (χ0n) is 30.3. The predicted octanol–water partition coefficient (Wildman–Crippen LogP) is 14.3. The molecule has 0 spiro atoms. The Labute approximate surface area is 328 Å². The maximum atomic E-state index is 5.38. The lowest BCUT2D eigenvalue weighted by atomic mass is 9.95. The normalized spacial score (nSPS) is 11.6. The number of benzene rings is 8. The summed E-state index contributed by atoms with van der Waals surface area (Å²) in [7, 11) is 0. The molecule has 56 heavy (non-hydrogen) atoms. The summed E-state index contributed by atoms with van der Waals surface area (Å²) in [5.74, 6) is 0.642. The molecular formula is C52H33N3S. The molecule has 3 aromatic heterocycles. The van der Waals surface area contributed by atoms with Crippen LogP contribution >= 0.6 is 11.3 Å². The Morgan fingerprint density at radius 1 is 0.357 bits per heavy atom. The van der Waals surface area contributed by atoms with Crippen molar-refractivity contribution in [3.63, 3.8) is 0 Å². The van der Waals surface area contributed by atoms with Crippen molar-refractivity contribution in [1.82, 2.24) is 14.5 Å². The van der Waals surface area contributed by atoms with Gasteiger partial charge in [-0.05, 0) is 69.8 Å². The molecule has 0 saturated carbocycles. The Balaban J connectivity index is 1.29. The third-order valence-electron chi connectivity index (χ3n) is 10.8. The van der Waals surface area contributed by atoms with E-state index in [1.165, 1.54) is 64.3 Å². The van der Waals surface area contributed by atoms with E-state index in [-0.39, 0.29) is 0 Å². The van der Waals surface area contributed by atoms with Gasteiger partial charge in [-0.2, -0.15) is 0 Å². The average molecular weight is 732 g/mol. The number of thiophene rings is 1. The van der Waals surface area contributed by atoms with Gasteiger partial charge in [0.2, 0.25) is 5.95 Å². The van der Waals surface area contributed by atoms with Crippen LogP contribution in [-0.4, -0.2) is 14.5 Å². The van der Waals surface area contributed by atoms with Crippen LogP contribution in [0.15, 0.2) is 200 Å². The Morgan fingerprint density at radius 3 is 1.39 bits per heavy atom. The summed E-state index contributed by atoms with van der Waals surface area (Å²) in [4.78, 5) is 10.8. The Kier molecular flexibility index (Phi) is 7.68. The van der Waals surface area contributed by atoms with Gasteiger partial charge in [0.1, 0.15) is 0 Å². The van der Waals surface area contributed by atoms with Crippen LogP contribution in [0.25, 0.3) is 104 Å². The fourth-order valence-corrected chi connectivity index (χ4v) is 9.43. The lowest BCUT2D eigenvalue weighted by Crippen LogP contribution is -2.04. The molecule has 8 aromatic carbocycles. The van der Waals surface area contributed by atoms with E-state index in [1.54, 1.807) is 0 Å². The van der Waals surface area contributed by atoms with E-state index in [1.807, 2.05) is 23.5 Å². The van der Waals surface area contributed by atoms with Crippen LogP contribution in [0.3, 0.4) is 0 Å². The monoisotopic (exact) mass is 731 g/mol. The third kappa shape index (κ3) is 5.42. The first-order valence-electron chi connectivity index (χ1n) is 18.9. The zero-order valence-corrected chi connectivity index (χ0v) is 31.1. The van der Waals surface area contributed by atoms with Crippen LogP contribution in [0.1, 0.15) is 0 Å². The van der Waals surface area contributed by atoms with Crippen molar-refractivity contribution in [3.05, 3.63) is 200 Å². The molecule has 4 heteroatoms. The summed E-state index contributed by atoms with van der Waals surface area (Å²) in [6, 6.07) is 71.3. The molecule has 262 valence electrons. The molecule has 0 aliphatic carbocycles. The van der Waals surface area contributed by atoms with Crippen molar-refractivity contribution in [1.29, 1.82) is 0 Å². The lowest BCUT2D eigenvalue weighted by molar-refractivity contribution is 0.996. The highest BCUT2D eigenvalue weighted by atomic mass is 32.1. The fraction of sp³-hybridized carbons (Fsp3) is 0. The molecule has 3 nitrogen and oxygen atoms in total. The maximum Gasteiger partial charge on any atom is 0.235 e. The molecule has 0 bridgehead atoms. The summed E-state index contributed by atoms with van der Waals surface area (Å²) in [6.45, 7) is 0. The van der Waals surface area contributed by atoms with Crippen molar-refractivity contribution in [2.45, 2.75) is 0 Å². The van der Waals surface area contributed by atoms with Crippen LogP contribution in [0.2, 0.25) is 0 Å². The molecule has 0 aliphatic rings. The molecule has 0 aliphatic heterocycles. The van der Waals surface area contributed by atoms with Gasteiger partial charge in [-0.25, -0.2) is 9.97 Å². The van der Waals surface area contributed by atoms with Gasteiger partial charge < -0.3 is 0 Å². The van der Waals surface area contributed by atoms with Gasteiger partial charge in [0.05, 0.1) is 22.4 Å². The smallest absolute Gasteiger partial charge is 0.235 e. The van der Waals surface area contributed by atoms with E-state index in [0.717, 1.165) is 33.5 Å². The minimum Gasteiger partial charge on any atom is -0.278 e. The van der Waals surface area contributed by atoms with Crippen LogP contribution in [0.4, 0.5) is 0 Å². The topological polar surface area (TPSA) is 30.7 Å². The molecule has 0 unspecified atom stereocenters. The molecule has 0 N–H and O–H groups in total. The first kappa shape index (κ1) is 32.3. The summed E-state index contributed by atoms with van der Waals surface area (Å²) < 4.78 is 4.82. The predicted molar refractivity (Wildman–Crippen MR) is 236 cm³/mol. The molecule has 0 fully saturated rings. The highest BCUT2D eigenvalue weighted by molar-refractivity contribution is 7.27. The number of hydrogen-bond acceptors (Lipinski definition) is 3. The second-order valence-electron chi connectivity index (χ2n) is 14.2. The van der Waals surface area contributed by atoms with Gasteiger partial charge in [-0.3, -0.25) is 4.57 Å². The van der Waals surface area contributed by atoms with Crippen LogP contribution in [-0.2, 0) is 0 Å². The van der Waals surface area contributed by atoms with Gasteiger partial charge in [0.15, 0.2) is 0 Å². The van der Waals surface area contributed by atoms with Crippen molar-refractivity contribution >= 4 is 53.3 Å². The van der Waals surface area contributed by atoms with E-state index in [2.05, 4.69) is 193 Å². The number of fused-ring (bicyclic) bond motifs is 7. The van der Waals surface area contributed by atoms with Crippen LogP contribution < -0.4 is 0 Å². The first-order chi connectivity index (χ1) is 27.8. The molecule has 0 saturated heterocycles. The fourth-order valence-electron chi connectivity index (χ4n) is 8.17. The first-order valence-corrected chi connectivity index (χ1v) is 19.7. The number of aromatic nitrogens is 3. The molecule has 3 heterocycles. The van der Waals surface area contributed by atoms with E-state index in [4.69, 9.17) is 9.97 Å². The standard InChI is InChI=1S/C52H33N3S/c1-6-16-34(17-7-1)39-26-28-46-42(30-39)50-47(55(46)52-53-44(37-22-12-4-13-23-37)33-45(54-52)38-24-14-5-15-25-38)32-41(36-20-10-3-11-21-36)49-43-31-40(35-18-8-2-9-19-35)27-29-48(43)56-51(49)50/h1-33H. The number of rotatable bonds is 6. The molecule has 11 rings (SSSR count). The second-order valence-corrected chi connectivity index (χ2v) is 15.2. The SMILES string of the molecule is c1ccc(-c2ccc3sc4c(c(-c5ccccc5)cc5c4c4cc(-c6ccccc6)ccc4n5-c4nc(-c5ccccc5)cc(-c5ccccc5)n4)c3c2)cc1.